The van der Waals surface area contributed by atoms with Gasteiger partial charge in [-0.2, -0.15) is 0 Å². The summed E-state index contributed by atoms with van der Waals surface area (Å²) in [5, 5.41) is 139. The molecule has 0 aromatic carbocycles. The highest BCUT2D eigenvalue weighted by molar-refractivity contribution is 5.10. The molecule has 0 radical (unpaired) electrons. The Bertz CT molecular complexity index is 1710. The van der Waals surface area contributed by atoms with Gasteiger partial charge in [-0.3, -0.25) is 0 Å². The van der Waals surface area contributed by atoms with Crippen LogP contribution in [0.4, 0.5) is 0 Å². The van der Waals surface area contributed by atoms with Gasteiger partial charge in [-0.05, 0) is 110 Å². The standard InChI is InChI=1S/C51H88O21/c1-22(2)7-6-8-23(3)27-11-12-28-26-10-9-24-17-25(13-15-50(24,4)29(26)14-16-51(27,28)5)65-46-40(62)36(58)43(31(19-53)67-46)71-48-42(64)38(60)45(33(21-55)69-48)72-49-41(63)37(59)44(32(20-54)68-49)70-47-39(61)35(57)34(56)30(18-52)66-47/h22-49,52-64H,6-21H2,1-5H3/t23?,24?,25-,26?,27?,28?,29?,30?,31?,32?,33?,34+,35?,36?,37?,38?,39?,40?,41?,42-,43+,44+,45+,46+,47+,48+,49+,50-,51+/m0/s1. The maximum absolute atomic E-state index is 11.5. The van der Waals surface area contributed by atoms with Crippen molar-refractivity contribution in [1.29, 1.82) is 0 Å². The molecule has 21 heteroatoms. The zero-order valence-corrected chi connectivity index (χ0v) is 42.6. The zero-order valence-electron chi connectivity index (χ0n) is 42.6. The van der Waals surface area contributed by atoms with Crippen LogP contribution in [0.1, 0.15) is 112 Å². The van der Waals surface area contributed by atoms with Gasteiger partial charge in [0.1, 0.15) is 97.7 Å². The Morgan fingerprint density at radius 3 is 1.39 bits per heavy atom. The van der Waals surface area contributed by atoms with Crippen LogP contribution in [0.25, 0.3) is 0 Å². The molecule has 21 nitrogen and oxygen atoms in total. The van der Waals surface area contributed by atoms with Crippen molar-refractivity contribution in [1.82, 2.24) is 0 Å². The molecule has 4 aliphatic heterocycles. The highest BCUT2D eigenvalue weighted by atomic mass is 16.8. The molecule has 17 unspecified atom stereocenters. The van der Waals surface area contributed by atoms with Crippen molar-refractivity contribution in [2.24, 2.45) is 52.3 Å². The Morgan fingerprint density at radius 1 is 0.458 bits per heavy atom. The van der Waals surface area contributed by atoms with Crippen LogP contribution in [0.3, 0.4) is 0 Å². The van der Waals surface area contributed by atoms with Crippen LogP contribution < -0.4 is 0 Å². The Morgan fingerprint density at radius 2 is 0.903 bits per heavy atom. The lowest BCUT2D eigenvalue weighted by atomic mass is 9.44. The van der Waals surface area contributed by atoms with E-state index >= 15 is 0 Å². The van der Waals surface area contributed by atoms with E-state index < -0.39 is 149 Å². The third-order valence-corrected chi connectivity index (χ3v) is 19.3. The lowest BCUT2D eigenvalue weighted by Gasteiger charge is -2.61. The second-order valence-corrected chi connectivity index (χ2v) is 23.8. The minimum absolute atomic E-state index is 0.176. The van der Waals surface area contributed by atoms with E-state index in [2.05, 4.69) is 34.6 Å². The molecule has 8 aliphatic rings. The summed E-state index contributed by atoms with van der Waals surface area (Å²) in [6.07, 6.45) is -20.4. The van der Waals surface area contributed by atoms with Crippen molar-refractivity contribution < 1.29 is 104 Å². The van der Waals surface area contributed by atoms with E-state index in [0.29, 0.717) is 17.3 Å². The van der Waals surface area contributed by atoms with Crippen LogP contribution in [0.5, 0.6) is 0 Å². The fourth-order valence-electron chi connectivity index (χ4n) is 15.2. The molecule has 418 valence electrons. The fourth-order valence-corrected chi connectivity index (χ4v) is 15.2. The number of hydrogen-bond donors (Lipinski definition) is 13. The number of fused-ring (bicyclic) bond motifs is 5. The number of aliphatic hydroxyl groups is 13. The van der Waals surface area contributed by atoms with Crippen molar-refractivity contribution >= 4 is 0 Å². The molecule has 13 N–H and O–H groups in total. The summed E-state index contributed by atoms with van der Waals surface area (Å²) in [4.78, 5) is 0. The summed E-state index contributed by atoms with van der Waals surface area (Å²) >= 11 is 0. The third-order valence-electron chi connectivity index (χ3n) is 19.3. The first kappa shape index (κ1) is 57.3. The van der Waals surface area contributed by atoms with Gasteiger partial charge in [-0.15, -0.1) is 0 Å². The van der Waals surface area contributed by atoms with Crippen LogP contribution in [0.15, 0.2) is 0 Å². The van der Waals surface area contributed by atoms with E-state index in [9.17, 15) is 66.4 Å². The molecule has 0 aromatic rings. The molecule has 8 rings (SSSR count). The zero-order chi connectivity index (χ0) is 52.1. The van der Waals surface area contributed by atoms with E-state index in [1.54, 1.807) is 0 Å². The van der Waals surface area contributed by atoms with E-state index in [1.807, 2.05) is 0 Å². The van der Waals surface area contributed by atoms with E-state index in [1.165, 1.54) is 51.4 Å². The second-order valence-electron chi connectivity index (χ2n) is 23.8. The molecule has 0 amide bonds. The van der Waals surface area contributed by atoms with E-state index in [-0.39, 0.29) is 11.5 Å². The second kappa shape index (κ2) is 23.6. The van der Waals surface area contributed by atoms with Crippen molar-refractivity contribution in [3.05, 3.63) is 0 Å². The van der Waals surface area contributed by atoms with Gasteiger partial charge in [0.2, 0.25) is 0 Å². The monoisotopic (exact) mass is 1040 g/mol. The highest BCUT2D eigenvalue weighted by Gasteiger charge is 2.62. The largest absolute Gasteiger partial charge is 0.394 e. The minimum atomic E-state index is -2.02. The average molecular weight is 1040 g/mol. The van der Waals surface area contributed by atoms with Crippen molar-refractivity contribution in [2.75, 3.05) is 26.4 Å². The van der Waals surface area contributed by atoms with Crippen molar-refractivity contribution in [3.8, 4) is 0 Å². The molecule has 4 heterocycles. The molecule has 72 heavy (non-hydrogen) atoms. The molecule has 4 saturated heterocycles. The molecule has 29 atom stereocenters. The topological polar surface area (TPSA) is 337 Å². The van der Waals surface area contributed by atoms with Crippen LogP contribution in [0, 0.1) is 52.3 Å². The maximum Gasteiger partial charge on any atom is 0.187 e. The predicted octanol–water partition coefficient (Wildman–Crippen LogP) is -1.23. The number of rotatable bonds is 17. The van der Waals surface area contributed by atoms with Gasteiger partial charge in [-0.1, -0.05) is 53.9 Å². The maximum atomic E-state index is 11.5. The average Bonchev–Trinajstić information content (AvgIpc) is 3.72. The van der Waals surface area contributed by atoms with Crippen LogP contribution in [-0.4, -0.2) is 222 Å². The molecule has 0 bridgehead atoms. The van der Waals surface area contributed by atoms with Gasteiger partial charge in [0.05, 0.1) is 32.5 Å². The summed E-state index contributed by atoms with van der Waals surface area (Å²) in [6, 6.07) is 0. The first-order chi connectivity index (χ1) is 34.2. The molecule has 0 spiro atoms. The first-order valence-corrected chi connectivity index (χ1v) is 27.0. The first-order valence-electron chi connectivity index (χ1n) is 27.0. The summed E-state index contributed by atoms with van der Waals surface area (Å²) in [5.74, 6) is 4.88. The van der Waals surface area contributed by atoms with Crippen molar-refractivity contribution in [3.63, 3.8) is 0 Å². The Labute approximate surface area is 422 Å². The van der Waals surface area contributed by atoms with Gasteiger partial charge in [0.15, 0.2) is 25.2 Å². The summed E-state index contributed by atoms with van der Waals surface area (Å²) < 4.78 is 46.6. The number of ether oxygens (including phenoxy) is 8. The van der Waals surface area contributed by atoms with Gasteiger partial charge < -0.3 is 104 Å². The van der Waals surface area contributed by atoms with Crippen LogP contribution in [-0.2, 0) is 37.9 Å². The summed E-state index contributed by atoms with van der Waals surface area (Å²) in [6.45, 7) is 9.02. The summed E-state index contributed by atoms with van der Waals surface area (Å²) in [7, 11) is 0. The third kappa shape index (κ3) is 11.0. The quantitative estimate of drug-likeness (QED) is 0.0759. The van der Waals surface area contributed by atoms with Gasteiger partial charge in [0.25, 0.3) is 0 Å². The molecule has 8 fully saturated rings. The number of aliphatic hydroxyl groups excluding tert-OH is 13. The van der Waals surface area contributed by atoms with Crippen LogP contribution in [0.2, 0.25) is 0 Å². The minimum Gasteiger partial charge on any atom is -0.394 e. The molecular weight excluding hydrogens is 949 g/mol. The number of hydrogen-bond acceptors (Lipinski definition) is 21. The SMILES string of the molecule is CC(C)CCCC(C)C1CCC2C3CCC4C[C@@H](O[C@@H]5OC(CO)[C@@H](O[C@H]6OC(CO)[C@@H](O[C@H]7OC(CO)[C@@H](O[C@H]8OC(CO)[C@@H](O)C(O)C8O)C(O)C7O)C(O)[C@@H]6O)C(O)C5O)CC[C@]4(C)C3CC[C@]12C. The molecule has 4 saturated carbocycles. The van der Waals surface area contributed by atoms with Gasteiger partial charge >= 0.3 is 0 Å². The normalized spacial score (nSPS) is 52.4. The van der Waals surface area contributed by atoms with E-state index in [0.717, 1.165) is 55.3 Å². The lowest BCUT2D eigenvalue weighted by Crippen LogP contribution is -2.67. The van der Waals surface area contributed by atoms with Gasteiger partial charge in [0, 0.05) is 0 Å². The predicted molar refractivity (Wildman–Crippen MR) is 250 cm³/mol. The van der Waals surface area contributed by atoms with Crippen molar-refractivity contribution in [2.45, 2.75) is 241 Å². The smallest absolute Gasteiger partial charge is 0.187 e. The van der Waals surface area contributed by atoms with Gasteiger partial charge in [-0.25, -0.2) is 0 Å². The Hall–Kier alpha value is -0.840. The molecule has 0 aromatic heterocycles. The Kier molecular flexibility index (Phi) is 18.8. The highest BCUT2D eigenvalue weighted by Crippen LogP contribution is 2.68. The lowest BCUT2D eigenvalue weighted by molar-refractivity contribution is -0.389. The Balaban J connectivity index is 0.843. The summed E-state index contributed by atoms with van der Waals surface area (Å²) in [5.41, 5.74) is 0.581. The molecular formula is C51H88O21. The van der Waals surface area contributed by atoms with Crippen LogP contribution >= 0.6 is 0 Å². The fraction of sp³-hybridized carbons (Fsp3) is 1.00. The van der Waals surface area contributed by atoms with E-state index in [4.69, 9.17) is 37.9 Å². The molecule has 4 aliphatic carbocycles.